The summed E-state index contributed by atoms with van der Waals surface area (Å²) in [5.41, 5.74) is 1.26. The van der Waals surface area contributed by atoms with Gasteiger partial charge in [0.05, 0.1) is 0 Å². The molecule has 2 nitrogen and oxygen atoms in total. The maximum atomic E-state index is 11.4. The molecule has 0 heterocycles. The lowest BCUT2D eigenvalue weighted by Gasteiger charge is -2.05. The molecule has 1 aliphatic carbocycles. The van der Waals surface area contributed by atoms with E-state index in [9.17, 15) is 9.59 Å². The van der Waals surface area contributed by atoms with Gasteiger partial charge in [-0.2, -0.15) is 0 Å². The Kier molecular flexibility index (Phi) is 2.11. The molecule has 0 saturated carbocycles. The van der Waals surface area contributed by atoms with Gasteiger partial charge >= 0.3 is 0 Å². The number of hydrogen-bond donors (Lipinski definition) is 0. The minimum Gasteiger partial charge on any atom is -0.290 e. The second-order valence-electron chi connectivity index (χ2n) is 3.02. The van der Waals surface area contributed by atoms with E-state index in [1.54, 1.807) is 0 Å². The van der Waals surface area contributed by atoms with Crippen LogP contribution in [0.4, 0.5) is 0 Å². The Bertz CT molecular complexity index is 439. The Balaban J connectivity index is 2.45. The van der Waals surface area contributed by atoms with Crippen molar-refractivity contribution in [1.29, 1.82) is 0 Å². The molecule has 1 aromatic rings. The largest absolute Gasteiger partial charge is 0.290 e. The van der Waals surface area contributed by atoms with Crippen LogP contribution < -0.4 is 0 Å². The second-order valence-corrected chi connectivity index (χ2v) is 3.02. The molecule has 1 aromatic carbocycles. The molecule has 0 radical (unpaired) electrons. The van der Waals surface area contributed by atoms with Crippen LogP contribution >= 0.6 is 0 Å². The van der Waals surface area contributed by atoms with E-state index in [1.807, 2.05) is 30.3 Å². The zero-order valence-corrected chi connectivity index (χ0v) is 7.44. The van der Waals surface area contributed by atoms with Gasteiger partial charge in [0.25, 0.3) is 0 Å². The van der Waals surface area contributed by atoms with E-state index in [1.165, 1.54) is 18.2 Å². The van der Waals surface area contributed by atoms with E-state index in [2.05, 4.69) is 0 Å². The van der Waals surface area contributed by atoms with Crippen molar-refractivity contribution in [2.24, 2.45) is 0 Å². The number of allylic oxidation sites excluding steroid dienone is 4. The summed E-state index contributed by atoms with van der Waals surface area (Å²) in [7, 11) is 0. The Hall–Kier alpha value is -1.96. The molecule has 0 fully saturated rings. The van der Waals surface area contributed by atoms with Crippen molar-refractivity contribution in [3.63, 3.8) is 0 Å². The van der Waals surface area contributed by atoms with Crippen molar-refractivity contribution >= 4 is 17.1 Å². The molecule has 0 N–H and O–H groups in total. The Morgan fingerprint density at radius 3 is 2.29 bits per heavy atom. The summed E-state index contributed by atoms with van der Waals surface area (Å²) in [5.74, 6) is -0.251. The Morgan fingerprint density at radius 2 is 1.57 bits per heavy atom. The van der Waals surface area contributed by atoms with Gasteiger partial charge < -0.3 is 0 Å². The summed E-state index contributed by atoms with van der Waals surface area (Å²) in [6, 6.07) is 9.18. The van der Waals surface area contributed by atoms with Crippen molar-refractivity contribution in [2.45, 2.75) is 0 Å². The van der Waals surface area contributed by atoms with Crippen molar-refractivity contribution in [3.05, 3.63) is 54.1 Å². The van der Waals surface area contributed by atoms with Crippen LogP contribution in [-0.2, 0) is 9.59 Å². The van der Waals surface area contributed by atoms with Crippen molar-refractivity contribution < 1.29 is 9.59 Å². The van der Waals surface area contributed by atoms with E-state index in [0.717, 1.165) is 5.56 Å². The molecule has 0 bridgehead atoms. The highest BCUT2D eigenvalue weighted by Gasteiger charge is 2.14. The molecule has 14 heavy (non-hydrogen) atoms. The average Bonchev–Trinajstić information content (AvgIpc) is 2.23. The van der Waals surface area contributed by atoms with Gasteiger partial charge in [-0.05, 0) is 23.8 Å². The normalized spacial score (nSPS) is 15.6. The fourth-order valence-corrected chi connectivity index (χ4v) is 1.35. The third-order valence-corrected chi connectivity index (χ3v) is 2.04. The van der Waals surface area contributed by atoms with E-state index in [-0.39, 0.29) is 11.6 Å². The van der Waals surface area contributed by atoms with Crippen LogP contribution in [0.1, 0.15) is 5.56 Å². The van der Waals surface area contributed by atoms with Crippen LogP contribution in [0.2, 0.25) is 0 Å². The number of carbonyl (C=O) groups excluding carboxylic acids is 2. The summed E-state index contributed by atoms with van der Waals surface area (Å²) in [6.45, 7) is 0. The quantitative estimate of drug-likeness (QED) is 0.623. The molecule has 0 aromatic heterocycles. The predicted molar refractivity (Wildman–Crippen MR) is 53.6 cm³/mol. The molecule has 2 rings (SSSR count). The molecule has 1 aliphatic rings. The summed E-state index contributed by atoms with van der Waals surface area (Å²) in [5, 5.41) is 0. The molecule has 0 spiro atoms. The zero-order chi connectivity index (χ0) is 9.97. The van der Waals surface area contributed by atoms with E-state index in [0.29, 0.717) is 5.57 Å². The van der Waals surface area contributed by atoms with E-state index < -0.39 is 0 Å². The summed E-state index contributed by atoms with van der Waals surface area (Å²) < 4.78 is 0. The molecule has 0 saturated heterocycles. The van der Waals surface area contributed by atoms with Gasteiger partial charge in [-0.1, -0.05) is 30.3 Å². The van der Waals surface area contributed by atoms with Crippen LogP contribution in [0.25, 0.3) is 5.57 Å². The number of ketones is 2. The molecule has 0 unspecified atom stereocenters. The lowest BCUT2D eigenvalue weighted by molar-refractivity contribution is -0.113. The molecule has 0 amide bonds. The smallest absolute Gasteiger partial charge is 0.186 e. The van der Waals surface area contributed by atoms with Gasteiger partial charge in [-0.3, -0.25) is 9.59 Å². The predicted octanol–water partition coefficient (Wildman–Crippen LogP) is 1.78. The monoisotopic (exact) mass is 184 g/mol. The van der Waals surface area contributed by atoms with Crippen molar-refractivity contribution in [3.8, 4) is 0 Å². The highest BCUT2D eigenvalue weighted by molar-refractivity contribution is 6.33. The Morgan fingerprint density at radius 1 is 0.857 bits per heavy atom. The molecule has 2 heteroatoms. The summed E-state index contributed by atoms with van der Waals surface area (Å²) in [6.07, 6.45) is 3.97. The third kappa shape index (κ3) is 1.55. The standard InChI is InChI=1S/C12H8O2/c13-10-6-7-12(14)11(8-10)9-4-2-1-3-5-9/h1-8H. The number of hydrogen-bond acceptors (Lipinski definition) is 2. The van der Waals surface area contributed by atoms with Crippen molar-refractivity contribution in [1.82, 2.24) is 0 Å². The van der Waals surface area contributed by atoms with Crippen LogP contribution in [0.5, 0.6) is 0 Å². The number of benzene rings is 1. The zero-order valence-electron chi connectivity index (χ0n) is 7.44. The molecular weight excluding hydrogens is 176 g/mol. The number of carbonyl (C=O) groups is 2. The van der Waals surface area contributed by atoms with Crippen LogP contribution in [-0.4, -0.2) is 11.6 Å². The molecule has 0 atom stereocenters. The first-order chi connectivity index (χ1) is 6.77. The number of rotatable bonds is 1. The lowest BCUT2D eigenvalue weighted by Crippen LogP contribution is -2.06. The summed E-state index contributed by atoms with van der Waals surface area (Å²) in [4.78, 5) is 22.5. The first kappa shape index (κ1) is 8.63. The topological polar surface area (TPSA) is 34.1 Å². The van der Waals surface area contributed by atoms with Crippen LogP contribution in [0.15, 0.2) is 48.6 Å². The van der Waals surface area contributed by atoms with Gasteiger partial charge in [0.2, 0.25) is 0 Å². The maximum Gasteiger partial charge on any atom is 0.186 e. The maximum absolute atomic E-state index is 11.4. The SMILES string of the molecule is O=C1C=CC(=O)C(c2ccccc2)=C1. The third-order valence-electron chi connectivity index (χ3n) is 2.04. The fraction of sp³-hybridized carbons (Fsp3) is 0. The van der Waals surface area contributed by atoms with Gasteiger partial charge in [-0.25, -0.2) is 0 Å². The minimum atomic E-state index is -0.136. The molecule has 0 aliphatic heterocycles. The van der Waals surface area contributed by atoms with Gasteiger partial charge in [-0.15, -0.1) is 0 Å². The highest BCUT2D eigenvalue weighted by Crippen LogP contribution is 2.18. The van der Waals surface area contributed by atoms with Gasteiger partial charge in [0.15, 0.2) is 11.6 Å². The van der Waals surface area contributed by atoms with Gasteiger partial charge in [0.1, 0.15) is 0 Å². The van der Waals surface area contributed by atoms with Crippen molar-refractivity contribution in [2.75, 3.05) is 0 Å². The molecule has 68 valence electrons. The summed E-state index contributed by atoms with van der Waals surface area (Å²) >= 11 is 0. The van der Waals surface area contributed by atoms with E-state index in [4.69, 9.17) is 0 Å². The fourth-order valence-electron chi connectivity index (χ4n) is 1.35. The van der Waals surface area contributed by atoms with Gasteiger partial charge in [0, 0.05) is 5.57 Å². The average molecular weight is 184 g/mol. The van der Waals surface area contributed by atoms with E-state index >= 15 is 0 Å². The van der Waals surface area contributed by atoms with Crippen LogP contribution in [0, 0.1) is 0 Å². The highest BCUT2D eigenvalue weighted by atomic mass is 16.1. The minimum absolute atomic E-state index is 0.115. The Labute approximate surface area is 81.6 Å². The first-order valence-corrected chi connectivity index (χ1v) is 4.31. The second kappa shape index (κ2) is 3.42. The first-order valence-electron chi connectivity index (χ1n) is 4.31. The lowest BCUT2D eigenvalue weighted by atomic mass is 9.97. The molecular formula is C12H8O2. The van der Waals surface area contributed by atoms with Crippen LogP contribution in [0.3, 0.4) is 0 Å².